The molecule has 0 saturated heterocycles. The summed E-state index contributed by atoms with van der Waals surface area (Å²) in [5.41, 5.74) is 0.913. The number of halogens is 1. The number of hydrogen-bond donors (Lipinski definition) is 0. The van der Waals surface area contributed by atoms with E-state index in [4.69, 9.17) is 16.1 Å². The highest BCUT2D eigenvalue weighted by atomic mass is 35.5. The van der Waals surface area contributed by atoms with Gasteiger partial charge < -0.3 is 4.52 Å². The van der Waals surface area contributed by atoms with E-state index in [9.17, 15) is 0 Å². The van der Waals surface area contributed by atoms with Crippen molar-refractivity contribution in [1.82, 2.24) is 24.9 Å². The average Bonchev–Trinajstić information content (AvgIpc) is 3.22. The fraction of sp³-hybridized carbons (Fsp3) is 0.375. The van der Waals surface area contributed by atoms with E-state index in [1.807, 2.05) is 35.8 Å². The molecule has 2 heterocycles. The van der Waals surface area contributed by atoms with E-state index in [1.54, 1.807) is 6.33 Å². The smallest absolute Gasteiger partial charge is 0.239 e. The predicted molar refractivity (Wildman–Crippen MR) is 93.6 cm³/mol. The zero-order valence-corrected chi connectivity index (χ0v) is 15.1. The number of nitrogens with zero attached hydrogens (tertiary/aromatic N) is 5. The summed E-state index contributed by atoms with van der Waals surface area (Å²) in [5.74, 6) is 1.36. The molecule has 126 valence electrons. The lowest BCUT2D eigenvalue weighted by atomic mass is 10.2. The third-order valence-corrected chi connectivity index (χ3v) is 4.75. The number of aromatic nitrogens is 5. The number of rotatable bonds is 7. The van der Waals surface area contributed by atoms with Crippen molar-refractivity contribution in [3.63, 3.8) is 0 Å². The van der Waals surface area contributed by atoms with E-state index >= 15 is 0 Å². The molecule has 1 aromatic carbocycles. The van der Waals surface area contributed by atoms with Crippen LogP contribution in [0.5, 0.6) is 0 Å². The first-order valence-corrected chi connectivity index (χ1v) is 9.08. The molecule has 0 bridgehead atoms. The molecule has 6 nitrogen and oxygen atoms in total. The highest BCUT2D eigenvalue weighted by Crippen LogP contribution is 2.33. The molecule has 0 aliphatic rings. The van der Waals surface area contributed by atoms with Gasteiger partial charge in [-0.15, -0.1) is 10.2 Å². The van der Waals surface area contributed by atoms with Gasteiger partial charge in [0.05, 0.1) is 10.9 Å². The zero-order valence-electron chi connectivity index (χ0n) is 13.5. The van der Waals surface area contributed by atoms with Gasteiger partial charge >= 0.3 is 0 Å². The van der Waals surface area contributed by atoms with Crippen LogP contribution in [0.2, 0.25) is 5.02 Å². The third-order valence-electron chi connectivity index (χ3n) is 3.47. The SMILES string of the molecule is CCCCc1noc(C(C)Sc2nncn2-c2cccc(Cl)c2)n1. The molecule has 0 radical (unpaired) electrons. The van der Waals surface area contributed by atoms with Gasteiger partial charge in [0, 0.05) is 11.4 Å². The van der Waals surface area contributed by atoms with Crippen LogP contribution in [-0.2, 0) is 6.42 Å². The van der Waals surface area contributed by atoms with E-state index in [-0.39, 0.29) is 5.25 Å². The molecule has 0 aliphatic heterocycles. The summed E-state index contributed by atoms with van der Waals surface area (Å²) in [6.45, 7) is 4.15. The second kappa shape index (κ2) is 7.81. The maximum atomic E-state index is 6.07. The molecular weight excluding hydrogens is 346 g/mol. The van der Waals surface area contributed by atoms with E-state index in [0.717, 1.165) is 35.9 Å². The van der Waals surface area contributed by atoms with Crippen molar-refractivity contribution in [1.29, 1.82) is 0 Å². The Hall–Kier alpha value is -1.86. The Balaban J connectivity index is 1.74. The van der Waals surface area contributed by atoms with Crippen LogP contribution in [0.15, 0.2) is 40.3 Å². The first kappa shape index (κ1) is 17.0. The summed E-state index contributed by atoms with van der Waals surface area (Å²) in [5, 5.41) is 13.6. The van der Waals surface area contributed by atoms with Gasteiger partial charge in [-0.1, -0.05) is 47.9 Å². The summed E-state index contributed by atoms with van der Waals surface area (Å²) >= 11 is 7.58. The van der Waals surface area contributed by atoms with Gasteiger partial charge in [0.25, 0.3) is 0 Å². The van der Waals surface area contributed by atoms with Crippen LogP contribution in [0.3, 0.4) is 0 Å². The van der Waals surface area contributed by atoms with Gasteiger partial charge in [-0.3, -0.25) is 4.57 Å². The topological polar surface area (TPSA) is 69.6 Å². The molecule has 1 atom stereocenters. The number of benzene rings is 1. The van der Waals surface area contributed by atoms with Crippen molar-refractivity contribution in [2.45, 2.75) is 43.5 Å². The number of thioether (sulfide) groups is 1. The average molecular weight is 364 g/mol. The van der Waals surface area contributed by atoms with Crippen LogP contribution in [0.1, 0.15) is 43.7 Å². The highest BCUT2D eigenvalue weighted by molar-refractivity contribution is 7.99. The zero-order chi connectivity index (χ0) is 16.9. The lowest BCUT2D eigenvalue weighted by Gasteiger charge is -2.08. The monoisotopic (exact) mass is 363 g/mol. The van der Waals surface area contributed by atoms with Crippen LogP contribution in [0.25, 0.3) is 5.69 Å². The molecule has 8 heteroatoms. The van der Waals surface area contributed by atoms with Crippen LogP contribution in [0.4, 0.5) is 0 Å². The Morgan fingerprint density at radius 1 is 1.38 bits per heavy atom. The maximum Gasteiger partial charge on any atom is 0.239 e. The highest BCUT2D eigenvalue weighted by Gasteiger charge is 2.19. The van der Waals surface area contributed by atoms with Crippen molar-refractivity contribution in [2.75, 3.05) is 0 Å². The van der Waals surface area contributed by atoms with E-state index in [2.05, 4.69) is 27.3 Å². The molecule has 2 aromatic heterocycles. The summed E-state index contributed by atoms with van der Waals surface area (Å²) in [6, 6.07) is 7.56. The minimum atomic E-state index is -0.0185. The van der Waals surface area contributed by atoms with E-state index in [0.29, 0.717) is 10.9 Å². The first-order valence-electron chi connectivity index (χ1n) is 7.82. The molecule has 0 aliphatic carbocycles. The Morgan fingerprint density at radius 2 is 2.25 bits per heavy atom. The predicted octanol–water partition coefficient (Wildman–Crippen LogP) is 4.50. The minimum absolute atomic E-state index is 0.0185. The third kappa shape index (κ3) is 3.96. The molecule has 0 saturated carbocycles. The Morgan fingerprint density at radius 3 is 3.04 bits per heavy atom. The quantitative estimate of drug-likeness (QED) is 0.575. The van der Waals surface area contributed by atoms with Gasteiger partial charge in [0.1, 0.15) is 6.33 Å². The summed E-state index contributed by atoms with van der Waals surface area (Å²) in [6.07, 6.45) is 4.68. The van der Waals surface area contributed by atoms with Crippen molar-refractivity contribution in [3.8, 4) is 5.69 Å². The molecule has 24 heavy (non-hydrogen) atoms. The Bertz CT molecular complexity index is 803. The number of unbranched alkanes of at least 4 members (excludes halogenated alkanes) is 1. The molecular formula is C16H18ClN5OS. The molecule has 0 spiro atoms. The normalized spacial score (nSPS) is 12.5. The van der Waals surface area contributed by atoms with Gasteiger partial charge in [0.2, 0.25) is 5.89 Å². The van der Waals surface area contributed by atoms with E-state index in [1.165, 1.54) is 11.8 Å². The van der Waals surface area contributed by atoms with Crippen LogP contribution < -0.4 is 0 Å². The van der Waals surface area contributed by atoms with Crippen molar-refractivity contribution in [2.24, 2.45) is 0 Å². The number of aryl methyl sites for hydroxylation is 1. The van der Waals surface area contributed by atoms with Crippen LogP contribution in [0, 0.1) is 0 Å². The lowest BCUT2D eigenvalue weighted by Crippen LogP contribution is -1.98. The number of hydrogen-bond acceptors (Lipinski definition) is 6. The molecule has 0 fully saturated rings. The summed E-state index contributed by atoms with van der Waals surface area (Å²) in [4.78, 5) is 4.47. The largest absolute Gasteiger partial charge is 0.338 e. The molecule has 0 N–H and O–H groups in total. The second-order valence-electron chi connectivity index (χ2n) is 5.38. The fourth-order valence-corrected chi connectivity index (χ4v) is 3.24. The molecule has 3 aromatic rings. The molecule has 1 unspecified atom stereocenters. The first-order chi connectivity index (χ1) is 11.7. The van der Waals surface area contributed by atoms with Gasteiger partial charge in [-0.25, -0.2) is 0 Å². The van der Waals surface area contributed by atoms with Gasteiger partial charge in [0.15, 0.2) is 11.0 Å². The lowest BCUT2D eigenvalue weighted by molar-refractivity contribution is 0.374. The minimum Gasteiger partial charge on any atom is -0.338 e. The summed E-state index contributed by atoms with van der Waals surface area (Å²) < 4.78 is 7.27. The summed E-state index contributed by atoms with van der Waals surface area (Å²) in [7, 11) is 0. The fourth-order valence-electron chi connectivity index (χ4n) is 2.19. The van der Waals surface area contributed by atoms with Crippen LogP contribution in [-0.4, -0.2) is 24.9 Å². The second-order valence-corrected chi connectivity index (χ2v) is 7.12. The van der Waals surface area contributed by atoms with Crippen molar-refractivity contribution in [3.05, 3.63) is 47.3 Å². The Kier molecular flexibility index (Phi) is 5.52. The Labute approximate surface area is 149 Å². The van der Waals surface area contributed by atoms with Crippen molar-refractivity contribution < 1.29 is 4.52 Å². The standard InChI is InChI=1S/C16H18ClN5OS/c1-3-4-8-14-19-15(23-21-14)11(2)24-16-20-18-10-22(16)13-7-5-6-12(17)9-13/h5-7,9-11H,3-4,8H2,1-2H3. The van der Waals surface area contributed by atoms with Gasteiger partial charge in [-0.05, 0) is 31.5 Å². The molecule has 0 amide bonds. The van der Waals surface area contributed by atoms with Crippen LogP contribution >= 0.6 is 23.4 Å². The van der Waals surface area contributed by atoms with E-state index < -0.39 is 0 Å². The van der Waals surface area contributed by atoms with Gasteiger partial charge in [-0.2, -0.15) is 4.98 Å². The molecule has 3 rings (SSSR count). The maximum absolute atomic E-state index is 6.07. The van der Waals surface area contributed by atoms with Crippen molar-refractivity contribution >= 4 is 23.4 Å².